The Morgan fingerprint density at radius 2 is 1.87 bits per heavy atom. The zero-order valence-corrected chi connectivity index (χ0v) is 23.5. The fraction of sp³-hybridized carbons (Fsp3) is 0.724. The van der Waals surface area contributed by atoms with Crippen molar-refractivity contribution in [2.45, 2.75) is 96.1 Å². The average Bonchev–Trinajstić information content (AvgIpc) is 3.08. The minimum atomic E-state index is -1.63. The second-order valence-corrected chi connectivity index (χ2v) is 12.5. The summed E-state index contributed by atoms with van der Waals surface area (Å²) in [5, 5.41) is 11.8. The summed E-state index contributed by atoms with van der Waals surface area (Å²) in [6.07, 6.45) is 3.53. The molecule has 8 atom stereocenters. The van der Waals surface area contributed by atoms with Gasteiger partial charge in [0.1, 0.15) is 0 Å². The normalized spacial score (nSPS) is 41.7. The van der Waals surface area contributed by atoms with Gasteiger partial charge in [-0.1, -0.05) is 40.7 Å². The maximum atomic E-state index is 15.0. The van der Waals surface area contributed by atoms with Crippen LogP contribution in [0.1, 0.15) is 79.6 Å². The topological polar surface area (TPSA) is 107 Å². The Balaban J connectivity index is 1.81. The van der Waals surface area contributed by atoms with Crippen LogP contribution in [0.2, 0.25) is 0 Å². The summed E-state index contributed by atoms with van der Waals surface area (Å²) < 4.78 is 26.4. The third-order valence-corrected chi connectivity index (χ3v) is 11.0. The second kappa shape index (κ2) is 9.84. The van der Waals surface area contributed by atoms with Crippen LogP contribution in [0, 0.1) is 28.6 Å². The first-order valence-electron chi connectivity index (χ1n) is 13.6. The Bertz CT molecular complexity index is 1120. The summed E-state index contributed by atoms with van der Waals surface area (Å²) in [7, 11) is 0. The quantitative estimate of drug-likeness (QED) is 0.358. The molecule has 7 nitrogen and oxygen atoms in total. The van der Waals surface area contributed by atoms with E-state index >= 15 is 4.39 Å². The van der Waals surface area contributed by atoms with E-state index in [-0.39, 0.29) is 37.5 Å². The third-order valence-electron chi connectivity index (χ3n) is 10.1. The van der Waals surface area contributed by atoms with Crippen molar-refractivity contribution < 1.29 is 38.1 Å². The molecule has 0 saturated heterocycles. The predicted octanol–water partition coefficient (Wildman–Crippen LogP) is 4.77. The molecule has 9 heteroatoms. The molecule has 4 aliphatic rings. The highest BCUT2D eigenvalue weighted by atomic mass is 35.5. The van der Waals surface area contributed by atoms with Gasteiger partial charge in [-0.3, -0.25) is 19.2 Å². The summed E-state index contributed by atoms with van der Waals surface area (Å²) in [4.78, 5) is 49.6. The van der Waals surface area contributed by atoms with E-state index in [9.17, 15) is 24.3 Å². The first-order chi connectivity index (χ1) is 17.7. The van der Waals surface area contributed by atoms with Gasteiger partial charge in [0.05, 0.1) is 11.0 Å². The number of alkyl halides is 1. The van der Waals surface area contributed by atoms with Gasteiger partial charge >= 0.3 is 11.9 Å². The lowest BCUT2D eigenvalue weighted by atomic mass is 9.45. The first-order valence-corrected chi connectivity index (χ1v) is 14.0. The Morgan fingerprint density at radius 1 is 1.18 bits per heavy atom. The van der Waals surface area contributed by atoms with Crippen molar-refractivity contribution in [2.75, 3.05) is 6.61 Å². The molecule has 4 rings (SSSR count). The number of Topliss-reactive ketones (excluding diaryl/α,β-unsaturated/α-hetero) is 1. The summed E-state index contributed by atoms with van der Waals surface area (Å²) in [6, 6.07) is 0. The number of allylic oxidation sites excluding steroid dienone is 4. The molecule has 0 heterocycles. The van der Waals surface area contributed by atoms with Crippen LogP contribution in [0.3, 0.4) is 0 Å². The van der Waals surface area contributed by atoms with Crippen LogP contribution < -0.4 is 0 Å². The SMILES string of the molecule is CCCC(=O)O[C@]1(C(=O)COC(=O)CC)[C@@H](C)C[C@H]2[C@@H]3CCC4=C(F)C(=O)C=C[C@]4(C)[C@@]3(Cl)[C@@H](O)C[C@@]21C. The van der Waals surface area contributed by atoms with Crippen molar-refractivity contribution in [3.63, 3.8) is 0 Å². The molecule has 3 saturated carbocycles. The van der Waals surface area contributed by atoms with Gasteiger partial charge in [0.2, 0.25) is 11.6 Å². The molecule has 0 bridgehead atoms. The van der Waals surface area contributed by atoms with Crippen LogP contribution in [0.5, 0.6) is 0 Å². The Labute approximate surface area is 228 Å². The molecule has 0 aromatic heterocycles. The number of aliphatic hydroxyl groups is 1. The molecular formula is C29H38ClFO7. The highest BCUT2D eigenvalue weighted by Gasteiger charge is 2.76. The molecule has 0 radical (unpaired) electrons. The molecule has 210 valence electrons. The number of ether oxygens (including phenoxy) is 2. The maximum Gasteiger partial charge on any atom is 0.306 e. The van der Waals surface area contributed by atoms with Gasteiger partial charge in [-0.15, -0.1) is 11.6 Å². The molecule has 0 unspecified atom stereocenters. The van der Waals surface area contributed by atoms with Gasteiger partial charge in [0, 0.05) is 29.6 Å². The Kier molecular flexibility index (Phi) is 7.50. The van der Waals surface area contributed by atoms with E-state index in [4.69, 9.17) is 21.1 Å². The minimum Gasteiger partial charge on any atom is -0.457 e. The fourth-order valence-corrected chi connectivity index (χ4v) is 8.78. The predicted molar refractivity (Wildman–Crippen MR) is 138 cm³/mol. The number of halogens is 2. The number of hydrogen-bond donors (Lipinski definition) is 1. The molecule has 0 amide bonds. The van der Waals surface area contributed by atoms with E-state index in [1.807, 2.05) is 20.8 Å². The third kappa shape index (κ3) is 3.76. The number of ketones is 2. The molecular weight excluding hydrogens is 515 g/mol. The molecule has 0 spiro atoms. The number of aliphatic hydroxyl groups excluding tert-OH is 1. The van der Waals surface area contributed by atoms with Crippen LogP contribution >= 0.6 is 11.6 Å². The van der Waals surface area contributed by atoms with Gasteiger partial charge in [-0.25, -0.2) is 4.39 Å². The van der Waals surface area contributed by atoms with Crippen LogP contribution in [0.4, 0.5) is 4.39 Å². The van der Waals surface area contributed by atoms with Crippen molar-refractivity contribution in [3.05, 3.63) is 23.6 Å². The number of rotatable bonds is 7. The summed E-state index contributed by atoms with van der Waals surface area (Å²) >= 11 is 7.41. The zero-order valence-electron chi connectivity index (χ0n) is 22.8. The van der Waals surface area contributed by atoms with E-state index < -0.39 is 69.3 Å². The molecule has 0 aliphatic heterocycles. The van der Waals surface area contributed by atoms with Crippen molar-refractivity contribution in [2.24, 2.45) is 28.6 Å². The number of hydrogen-bond acceptors (Lipinski definition) is 7. The largest absolute Gasteiger partial charge is 0.457 e. The van der Waals surface area contributed by atoms with E-state index in [2.05, 4.69) is 0 Å². The number of carbonyl (C=O) groups excluding carboxylic acids is 4. The highest BCUT2D eigenvalue weighted by molar-refractivity contribution is 6.26. The van der Waals surface area contributed by atoms with Crippen LogP contribution in [-0.4, -0.2) is 51.8 Å². The fourth-order valence-electron chi connectivity index (χ4n) is 8.27. The summed E-state index contributed by atoms with van der Waals surface area (Å²) in [6.45, 7) is 8.39. The average molecular weight is 553 g/mol. The van der Waals surface area contributed by atoms with Gasteiger partial charge in [-0.2, -0.15) is 0 Å². The van der Waals surface area contributed by atoms with E-state index in [0.717, 1.165) is 0 Å². The van der Waals surface area contributed by atoms with Crippen molar-refractivity contribution in [1.29, 1.82) is 0 Å². The van der Waals surface area contributed by atoms with Crippen LogP contribution in [0.25, 0.3) is 0 Å². The van der Waals surface area contributed by atoms with E-state index in [0.29, 0.717) is 24.8 Å². The van der Waals surface area contributed by atoms with Gasteiger partial charge in [-0.05, 0) is 55.6 Å². The minimum absolute atomic E-state index is 0.0150. The molecule has 1 N–H and O–H groups in total. The number of fused-ring (bicyclic) bond motifs is 5. The van der Waals surface area contributed by atoms with Gasteiger partial charge in [0.15, 0.2) is 18.0 Å². The van der Waals surface area contributed by atoms with Crippen molar-refractivity contribution >= 4 is 35.1 Å². The lowest BCUT2D eigenvalue weighted by Gasteiger charge is -2.64. The molecule has 0 aromatic rings. The van der Waals surface area contributed by atoms with E-state index in [1.54, 1.807) is 19.9 Å². The Hall–Kier alpha value is -2.06. The van der Waals surface area contributed by atoms with Gasteiger partial charge in [0.25, 0.3) is 0 Å². The highest BCUT2D eigenvalue weighted by Crippen LogP contribution is 2.72. The van der Waals surface area contributed by atoms with E-state index in [1.165, 1.54) is 6.08 Å². The number of carbonyl (C=O) groups is 4. The maximum absolute atomic E-state index is 15.0. The molecule has 4 aliphatic carbocycles. The van der Waals surface area contributed by atoms with Crippen molar-refractivity contribution in [1.82, 2.24) is 0 Å². The molecule has 38 heavy (non-hydrogen) atoms. The zero-order chi connectivity index (χ0) is 28.3. The van der Waals surface area contributed by atoms with Crippen molar-refractivity contribution in [3.8, 4) is 0 Å². The monoisotopic (exact) mass is 552 g/mol. The lowest BCUT2D eigenvalue weighted by molar-refractivity contribution is -0.203. The lowest BCUT2D eigenvalue weighted by Crippen LogP contribution is -2.69. The molecule has 3 fully saturated rings. The van der Waals surface area contributed by atoms with Gasteiger partial charge < -0.3 is 14.6 Å². The number of esters is 2. The smallest absolute Gasteiger partial charge is 0.306 e. The first kappa shape index (κ1) is 28.9. The van der Waals surface area contributed by atoms with Crippen LogP contribution in [0.15, 0.2) is 23.6 Å². The standard InChI is InChI=1S/C29H38ClFO7/c1-6-8-24(36)38-29(22(34)15-37-23(35)7-2)16(3)13-19-17-9-10-18-25(31)20(32)11-12-26(18,4)28(17,30)21(33)14-27(19,29)5/h11-12,16-17,19,21,33H,6-10,13-15H2,1-5H3/t16-,17-,19-,21-,26-,27-,28-,29-/m0/s1. The second-order valence-electron chi connectivity index (χ2n) is 11.9. The van der Waals surface area contributed by atoms with Crippen LogP contribution in [-0.2, 0) is 28.7 Å². The summed E-state index contributed by atoms with van der Waals surface area (Å²) in [5.41, 5.74) is -3.45. The summed E-state index contributed by atoms with van der Waals surface area (Å²) in [5.74, 6) is -4.15. The molecule has 0 aromatic carbocycles. The Morgan fingerprint density at radius 3 is 2.50 bits per heavy atom.